The van der Waals surface area contributed by atoms with Gasteiger partial charge >= 0.3 is 5.69 Å². The molecular formula is C15H18N2O3. The predicted octanol–water partition coefficient (Wildman–Crippen LogP) is 1.44. The number of hydrogen-bond acceptors (Lipinski definition) is 3. The van der Waals surface area contributed by atoms with Gasteiger partial charge in [-0.2, -0.15) is 0 Å². The third-order valence-electron chi connectivity index (χ3n) is 3.31. The molecule has 2 rings (SSSR count). The summed E-state index contributed by atoms with van der Waals surface area (Å²) in [7, 11) is 0. The Bertz CT molecular complexity index is 687. The smallest absolute Gasteiger partial charge is 0.331 e. The molecule has 2 aromatic rings. The van der Waals surface area contributed by atoms with E-state index in [0.717, 1.165) is 6.42 Å². The van der Waals surface area contributed by atoms with Crippen LogP contribution in [-0.2, 0) is 19.4 Å². The molecule has 5 nitrogen and oxygen atoms in total. The van der Waals surface area contributed by atoms with Gasteiger partial charge in [0.15, 0.2) is 0 Å². The largest absolute Gasteiger partial charge is 0.494 e. The lowest BCUT2D eigenvalue weighted by Gasteiger charge is -2.10. The maximum absolute atomic E-state index is 11.7. The molecular weight excluding hydrogens is 256 g/mol. The third kappa shape index (κ3) is 2.99. The minimum absolute atomic E-state index is 0.214. The van der Waals surface area contributed by atoms with E-state index >= 15 is 0 Å². The van der Waals surface area contributed by atoms with Crippen LogP contribution in [0.2, 0.25) is 0 Å². The van der Waals surface area contributed by atoms with E-state index in [0.29, 0.717) is 19.4 Å². The average molecular weight is 274 g/mol. The summed E-state index contributed by atoms with van der Waals surface area (Å²) in [5, 5.41) is 9.99. The molecule has 0 bridgehead atoms. The highest BCUT2D eigenvalue weighted by molar-refractivity contribution is 5.22. The molecule has 0 radical (unpaired) electrons. The van der Waals surface area contributed by atoms with Gasteiger partial charge in [-0.3, -0.25) is 14.3 Å². The van der Waals surface area contributed by atoms with Crippen LogP contribution in [0.5, 0.6) is 5.88 Å². The molecule has 0 aliphatic rings. The van der Waals surface area contributed by atoms with E-state index in [2.05, 4.69) is 4.98 Å². The van der Waals surface area contributed by atoms with E-state index in [4.69, 9.17) is 0 Å². The number of aromatic hydroxyl groups is 1. The first-order chi connectivity index (χ1) is 9.63. The van der Waals surface area contributed by atoms with Crippen molar-refractivity contribution in [3.05, 3.63) is 62.3 Å². The van der Waals surface area contributed by atoms with Gasteiger partial charge in [0, 0.05) is 6.54 Å². The molecule has 0 amide bonds. The Kier molecular flexibility index (Phi) is 4.40. The first kappa shape index (κ1) is 14.1. The maximum atomic E-state index is 11.7. The molecule has 0 aliphatic heterocycles. The molecule has 0 fully saturated rings. The normalized spacial score (nSPS) is 10.7. The molecule has 0 unspecified atom stereocenters. The van der Waals surface area contributed by atoms with Crippen LogP contribution in [0.1, 0.15) is 24.5 Å². The van der Waals surface area contributed by atoms with Gasteiger partial charge in [0.25, 0.3) is 5.56 Å². The van der Waals surface area contributed by atoms with Gasteiger partial charge in [0.1, 0.15) is 0 Å². The maximum Gasteiger partial charge on any atom is 0.331 e. The number of aromatic amines is 1. The van der Waals surface area contributed by atoms with Gasteiger partial charge in [0.05, 0.1) is 5.56 Å². The highest BCUT2D eigenvalue weighted by atomic mass is 16.3. The Hall–Kier alpha value is -2.30. The number of H-pyrrole nitrogens is 1. The highest BCUT2D eigenvalue weighted by Crippen LogP contribution is 2.11. The van der Waals surface area contributed by atoms with Gasteiger partial charge in [0.2, 0.25) is 5.88 Å². The SMILES string of the molecule is CCc1c(O)n(CCCc2ccccc2)c(=O)[nH]c1=O. The molecule has 1 heterocycles. The minimum atomic E-state index is -0.558. The van der Waals surface area contributed by atoms with Gasteiger partial charge in [-0.05, 0) is 24.8 Å². The molecule has 1 aromatic heterocycles. The van der Waals surface area contributed by atoms with E-state index < -0.39 is 11.2 Å². The van der Waals surface area contributed by atoms with Crippen molar-refractivity contribution < 1.29 is 5.11 Å². The van der Waals surface area contributed by atoms with Crippen molar-refractivity contribution >= 4 is 0 Å². The van der Waals surface area contributed by atoms with Gasteiger partial charge in [-0.15, -0.1) is 0 Å². The van der Waals surface area contributed by atoms with Crippen molar-refractivity contribution in [2.24, 2.45) is 0 Å². The summed E-state index contributed by atoms with van der Waals surface area (Å²) >= 11 is 0. The Balaban J connectivity index is 2.14. The summed E-state index contributed by atoms with van der Waals surface area (Å²) in [6.45, 7) is 2.15. The first-order valence-corrected chi connectivity index (χ1v) is 6.72. The minimum Gasteiger partial charge on any atom is -0.494 e. The van der Waals surface area contributed by atoms with Gasteiger partial charge in [-0.25, -0.2) is 4.79 Å². The van der Waals surface area contributed by atoms with Crippen LogP contribution in [0.25, 0.3) is 0 Å². The summed E-state index contributed by atoms with van der Waals surface area (Å²) in [4.78, 5) is 25.5. The second-order valence-electron chi connectivity index (χ2n) is 4.66. The number of aryl methyl sites for hydroxylation is 1. The summed E-state index contributed by atoms with van der Waals surface area (Å²) in [6.07, 6.45) is 1.92. The van der Waals surface area contributed by atoms with Crippen molar-refractivity contribution in [3.63, 3.8) is 0 Å². The second kappa shape index (κ2) is 6.23. The molecule has 0 spiro atoms. The lowest BCUT2D eigenvalue weighted by atomic mass is 10.1. The summed E-state index contributed by atoms with van der Waals surface area (Å²) in [5.41, 5.74) is 0.372. The highest BCUT2D eigenvalue weighted by Gasteiger charge is 2.11. The number of benzene rings is 1. The third-order valence-corrected chi connectivity index (χ3v) is 3.31. The number of rotatable bonds is 5. The summed E-state index contributed by atoms with van der Waals surface area (Å²) in [6, 6.07) is 9.93. The zero-order valence-corrected chi connectivity index (χ0v) is 11.4. The predicted molar refractivity (Wildman–Crippen MR) is 77.1 cm³/mol. The van der Waals surface area contributed by atoms with E-state index in [1.807, 2.05) is 30.3 Å². The average Bonchev–Trinajstić information content (AvgIpc) is 2.44. The van der Waals surface area contributed by atoms with Crippen molar-refractivity contribution in [1.82, 2.24) is 9.55 Å². The number of nitrogens with one attached hydrogen (secondary N) is 1. The molecule has 106 valence electrons. The fraction of sp³-hybridized carbons (Fsp3) is 0.333. The first-order valence-electron chi connectivity index (χ1n) is 6.72. The summed E-state index contributed by atoms with van der Waals surface area (Å²) in [5.74, 6) is -0.214. The van der Waals surface area contributed by atoms with Crippen LogP contribution in [0.4, 0.5) is 0 Å². The zero-order valence-electron chi connectivity index (χ0n) is 11.4. The topological polar surface area (TPSA) is 75.1 Å². The zero-order chi connectivity index (χ0) is 14.5. The fourth-order valence-electron chi connectivity index (χ4n) is 2.21. The Labute approximate surface area is 116 Å². The van der Waals surface area contributed by atoms with Crippen molar-refractivity contribution in [2.75, 3.05) is 0 Å². The van der Waals surface area contributed by atoms with Gasteiger partial charge in [-0.1, -0.05) is 37.3 Å². The van der Waals surface area contributed by atoms with Gasteiger partial charge < -0.3 is 5.11 Å². The number of hydrogen-bond donors (Lipinski definition) is 2. The summed E-state index contributed by atoms with van der Waals surface area (Å²) < 4.78 is 1.23. The van der Waals surface area contributed by atoms with E-state index in [1.54, 1.807) is 6.92 Å². The Morgan fingerprint density at radius 3 is 2.55 bits per heavy atom. The Morgan fingerprint density at radius 2 is 1.90 bits per heavy atom. The van der Waals surface area contributed by atoms with Crippen LogP contribution in [-0.4, -0.2) is 14.7 Å². The van der Waals surface area contributed by atoms with E-state index in [1.165, 1.54) is 10.1 Å². The molecule has 5 heteroatoms. The number of aromatic nitrogens is 2. The molecule has 0 saturated carbocycles. The standard InChI is InChI=1S/C15H18N2O3/c1-2-12-13(18)16-15(20)17(14(12)19)10-6-9-11-7-4-3-5-8-11/h3-5,7-8,19H,2,6,9-10H2,1H3,(H,16,18,20). The number of nitrogens with zero attached hydrogens (tertiary/aromatic N) is 1. The molecule has 0 aliphatic carbocycles. The van der Waals surface area contributed by atoms with Crippen LogP contribution < -0.4 is 11.2 Å². The van der Waals surface area contributed by atoms with Crippen LogP contribution in [0.3, 0.4) is 0 Å². The molecule has 0 atom stereocenters. The Morgan fingerprint density at radius 1 is 1.20 bits per heavy atom. The van der Waals surface area contributed by atoms with Crippen LogP contribution >= 0.6 is 0 Å². The van der Waals surface area contributed by atoms with Crippen molar-refractivity contribution in [1.29, 1.82) is 0 Å². The fourth-order valence-corrected chi connectivity index (χ4v) is 2.21. The molecule has 2 N–H and O–H groups in total. The molecule has 0 saturated heterocycles. The lowest BCUT2D eigenvalue weighted by molar-refractivity contribution is 0.389. The quantitative estimate of drug-likeness (QED) is 0.866. The molecule has 1 aromatic carbocycles. The van der Waals surface area contributed by atoms with Crippen molar-refractivity contribution in [2.45, 2.75) is 32.7 Å². The second-order valence-corrected chi connectivity index (χ2v) is 4.66. The van der Waals surface area contributed by atoms with Crippen molar-refractivity contribution in [3.8, 4) is 5.88 Å². The van der Waals surface area contributed by atoms with Crippen LogP contribution in [0, 0.1) is 0 Å². The molecule has 20 heavy (non-hydrogen) atoms. The van der Waals surface area contributed by atoms with Crippen LogP contribution in [0.15, 0.2) is 39.9 Å². The monoisotopic (exact) mass is 274 g/mol. The lowest BCUT2D eigenvalue weighted by Crippen LogP contribution is -2.32. The van der Waals surface area contributed by atoms with E-state index in [9.17, 15) is 14.7 Å². The van der Waals surface area contributed by atoms with E-state index in [-0.39, 0.29) is 11.4 Å².